The van der Waals surface area contributed by atoms with Crippen molar-refractivity contribution in [3.05, 3.63) is 22.3 Å². The number of hydrogen-bond donors (Lipinski definition) is 2. The molecule has 186 valence electrons. The molecule has 0 heterocycles. The zero-order chi connectivity index (χ0) is 24.5. The molecule has 2 N–H and O–H groups in total. The van der Waals surface area contributed by atoms with E-state index in [4.69, 9.17) is 11.6 Å². The van der Waals surface area contributed by atoms with Crippen molar-refractivity contribution in [1.29, 1.82) is 0 Å². The molecule has 0 radical (unpaired) electrons. The van der Waals surface area contributed by atoms with Crippen LogP contribution in [0.3, 0.4) is 0 Å². The highest BCUT2D eigenvalue weighted by Crippen LogP contribution is 2.39. The lowest BCUT2D eigenvalue weighted by Gasteiger charge is -2.24. The van der Waals surface area contributed by atoms with Gasteiger partial charge < -0.3 is 10.2 Å². The van der Waals surface area contributed by atoms with Crippen LogP contribution in [-0.4, -0.2) is 15.1 Å². The Morgan fingerprint density at radius 3 is 1.69 bits per heavy atom. The van der Waals surface area contributed by atoms with Gasteiger partial charge in [0.15, 0.2) is 0 Å². The predicted molar refractivity (Wildman–Crippen MR) is 141 cm³/mol. The largest absolute Gasteiger partial charge is 0.507 e. The van der Waals surface area contributed by atoms with Crippen LogP contribution in [0.2, 0.25) is 0 Å². The molecule has 0 bridgehead atoms. The first kappa shape index (κ1) is 29.1. The van der Waals surface area contributed by atoms with E-state index in [1.165, 1.54) is 44.9 Å². The van der Waals surface area contributed by atoms with E-state index in [-0.39, 0.29) is 4.87 Å². The standard InChI is InChI=1S/C29H51ClO2/c1-20(2)12-9-13-21(3)14-10-15-22(4)16-11-18-29(8,30)19-17-26-25(7)27(31)23(5)24(6)28(26)32/h20-22,31-32H,9-19H2,1-8H3. The summed E-state index contributed by atoms with van der Waals surface area (Å²) in [4.78, 5) is -0.280. The summed E-state index contributed by atoms with van der Waals surface area (Å²) in [5.74, 6) is 3.06. The Morgan fingerprint density at radius 2 is 1.16 bits per heavy atom. The third-order valence-corrected chi connectivity index (χ3v) is 7.91. The Bertz CT molecular complexity index is 664. The molecular weight excluding hydrogens is 416 g/mol. The van der Waals surface area contributed by atoms with E-state index in [1.807, 2.05) is 20.8 Å². The highest BCUT2D eigenvalue weighted by molar-refractivity contribution is 6.23. The van der Waals surface area contributed by atoms with Crippen LogP contribution in [0.4, 0.5) is 0 Å². The topological polar surface area (TPSA) is 40.5 Å². The van der Waals surface area contributed by atoms with E-state index in [0.29, 0.717) is 17.9 Å². The van der Waals surface area contributed by atoms with Crippen LogP contribution in [0, 0.1) is 38.5 Å². The van der Waals surface area contributed by atoms with Gasteiger partial charge in [0.05, 0.1) is 0 Å². The molecule has 3 heteroatoms. The van der Waals surface area contributed by atoms with E-state index in [0.717, 1.165) is 59.3 Å². The Labute approximate surface area is 204 Å². The van der Waals surface area contributed by atoms with Crippen LogP contribution >= 0.6 is 11.6 Å². The molecular formula is C29H51ClO2. The molecule has 0 aliphatic carbocycles. The van der Waals surface area contributed by atoms with Crippen molar-refractivity contribution < 1.29 is 10.2 Å². The number of alkyl halides is 1. The molecule has 32 heavy (non-hydrogen) atoms. The van der Waals surface area contributed by atoms with Gasteiger partial charge in [0.25, 0.3) is 0 Å². The van der Waals surface area contributed by atoms with Crippen LogP contribution in [0.25, 0.3) is 0 Å². The summed E-state index contributed by atoms with van der Waals surface area (Å²) in [6, 6.07) is 0. The van der Waals surface area contributed by atoms with Crippen molar-refractivity contribution in [2.24, 2.45) is 17.8 Å². The number of phenolic OH excluding ortho intramolecular Hbond substituents is 2. The monoisotopic (exact) mass is 466 g/mol. The Balaban J connectivity index is 2.36. The third-order valence-electron chi connectivity index (χ3n) is 7.53. The molecule has 2 nitrogen and oxygen atoms in total. The number of aromatic hydroxyl groups is 2. The molecule has 0 fully saturated rings. The van der Waals surface area contributed by atoms with Crippen LogP contribution in [-0.2, 0) is 6.42 Å². The fraction of sp³-hybridized carbons (Fsp3) is 0.793. The zero-order valence-electron chi connectivity index (χ0n) is 22.3. The molecule has 1 aromatic carbocycles. The maximum atomic E-state index is 10.6. The van der Waals surface area contributed by atoms with Crippen LogP contribution in [0.1, 0.15) is 121 Å². The maximum absolute atomic E-state index is 10.6. The Kier molecular flexibility index (Phi) is 12.5. The van der Waals surface area contributed by atoms with Gasteiger partial charge in [0.2, 0.25) is 0 Å². The van der Waals surface area contributed by atoms with Gasteiger partial charge in [-0.05, 0) is 81.4 Å². The lowest BCUT2D eigenvalue weighted by atomic mass is 9.88. The Hall–Kier alpha value is -0.890. The second kappa shape index (κ2) is 13.7. The van der Waals surface area contributed by atoms with Crippen molar-refractivity contribution in [3.63, 3.8) is 0 Å². The molecule has 0 saturated carbocycles. The molecule has 0 aromatic heterocycles. The number of benzene rings is 1. The average molecular weight is 467 g/mol. The minimum Gasteiger partial charge on any atom is -0.507 e. The molecule has 0 amide bonds. The molecule has 0 saturated heterocycles. The summed E-state index contributed by atoms with van der Waals surface area (Å²) in [6.45, 7) is 17.1. The second-order valence-corrected chi connectivity index (χ2v) is 12.2. The number of halogens is 1. The number of hydrogen-bond acceptors (Lipinski definition) is 2. The van der Waals surface area contributed by atoms with E-state index in [2.05, 4.69) is 34.6 Å². The van der Waals surface area contributed by atoms with Gasteiger partial charge in [-0.3, -0.25) is 0 Å². The first-order valence-electron chi connectivity index (χ1n) is 13.0. The zero-order valence-corrected chi connectivity index (χ0v) is 23.0. The van der Waals surface area contributed by atoms with Crippen molar-refractivity contribution in [2.45, 2.75) is 131 Å². The average Bonchev–Trinajstić information content (AvgIpc) is 2.70. The van der Waals surface area contributed by atoms with Crippen LogP contribution < -0.4 is 0 Å². The highest BCUT2D eigenvalue weighted by atomic mass is 35.5. The maximum Gasteiger partial charge on any atom is 0.122 e. The summed E-state index contributed by atoms with van der Waals surface area (Å²) < 4.78 is 0. The summed E-state index contributed by atoms with van der Waals surface area (Å²) in [6.07, 6.45) is 13.0. The third kappa shape index (κ3) is 9.94. The molecule has 1 rings (SSSR count). The lowest BCUT2D eigenvalue weighted by Crippen LogP contribution is -2.18. The normalized spacial score (nSPS) is 15.7. The van der Waals surface area contributed by atoms with Gasteiger partial charge in [-0.25, -0.2) is 0 Å². The molecule has 3 atom stereocenters. The van der Waals surface area contributed by atoms with Crippen LogP contribution in [0.15, 0.2) is 0 Å². The van der Waals surface area contributed by atoms with Crippen molar-refractivity contribution in [2.75, 3.05) is 0 Å². The predicted octanol–water partition coefficient (Wildman–Crippen LogP) is 9.39. The molecule has 0 aliphatic heterocycles. The minimum atomic E-state index is -0.280. The van der Waals surface area contributed by atoms with Gasteiger partial charge in [-0.2, -0.15) is 0 Å². The van der Waals surface area contributed by atoms with E-state index >= 15 is 0 Å². The molecule has 3 unspecified atom stereocenters. The van der Waals surface area contributed by atoms with Gasteiger partial charge in [-0.15, -0.1) is 11.6 Å². The molecule has 0 spiro atoms. The molecule has 1 aromatic rings. The Morgan fingerprint density at radius 1 is 0.688 bits per heavy atom. The van der Waals surface area contributed by atoms with Crippen molar-refractivity contribution in [1.82, 2.24) is 0 Å². The second-order valence-electron chi connectivity index (χ2n) is 11.3. The van der Waals surface area contributed by atoms with Crippen LogP contribution in [0.5, 0.6) is 11.5 Å². The van der Waals surface area contributed by atoms with Gasteiger partial charge in [0, 0.05) is 10.4 Å². The lowest BCUT2D eigenvalue weighted by molar-refractivity contribution is 0.379. The number of phenols is 2. The van der Waals surface area contributed by atoms with E-state index in [1.54, 1.807) is 0 Å². The SMILES string of the molecule is Cc1c(C)c(O)c(CCC(C)(Cl)CCCC(C)CCCC(C)CCCC(C)C)c(C)c1O. The first-order valence-corrected chi connectivity index (χ1v) is 13.4. The quantitative estimate of drug-likeness (QED) is 0.199. The minimum absolute atomic E-state index is 0.280. The van der Waals surface area contributed by atoms with Gasteiger partial charge >= 0.3 is 0 Å². The fourth-order valence-corrected chi connectivity index (χ4v) is 5.03. The summed E-state index contributed by atoms with van der Waals surface area (Å²) >= 11 is 6.86. The van der Waals surface area contributed by atoms with Gasteiger partial charge in [0.1, 0.15) is 11.5 Å². The summed E-state index contributed by atoms with van der Waals surface area (Å²) in [5, 5.41) is 20.9. The van der Waals surface area contributed by atoms with E-state index < -0.39 is 0 Å². The van der Waals surface area contributed by atoms with Crippen molar-refractivity contribution in [3.8, 4) is 11.5 Å². The first-order chi connectivity index (χ1) is 14.9. The van der Waals surface area contributed by atoms with Gasteiger partial charge in [-0.1, -0.05) is 79.1 Å². The molecule has 0 aliphatic rings. The smallest absolute Gasteiger partial charge is 0.122 e. The van der Waals surface area contributed by atoms with Crippen molar-refractivity contribution >= 4 is 11.6 Å². The summed E-state index contributed by atoms with van der Waals surface area (Å²) in [5.41, 5.74) is 3.15. The fourth-order valence-electron chi connectivity index (χ4n) is 4.80. The highest BCUT2D eigenvalue weighted by Gasteiger charge is 2.23. The number of rotatable bonds is 15. The summed E-state index contributed by atoms with van der Waals surface area (Å²) in [7, 11) is 0. The van der Waals surface area contributed by atoms with E-state index in [9.17, 15) is 10.2 Å².